The number of methoxy groups -OCH3 is 1. The highest BCUT2D eigenvalue weighted by Crippen LogP contribution is 2.14. The van der Waals surface area contributed by atoms with Crippen molar-refractivity contribution < 1.29 is 24.0 Å². The second kappa shape index (κ2) is 11.5. The highest BCUT2D eigenvalue weighted by molar-refractivity contribution is 6.30. The van der Waals surface area contributed by atoms with E-state index in [4.69, 9.17) is 21.1 Å². The molecule has 1 aliphatic heterocycles. The number of hydrogen-bond acceptors (Lipinski definition) is 4. The van der Waals surface area contributed by atoms with Crippen LogP contribution in [0.2, 0.25) is 5.02 Å². The van der Waals surface area contributed by atoms with Gasteiger partial charge in [0.25, 0.3) is 11.8 Å². The number of carbonyl (C=O) groups excluding carboxylic acids is 2. The van der Waals surface area contributed by atoms with Gasteiger partial charge in [-0.05, 0) is 48.0 Å². The molecule has 8 heteroatoms. The topological polar surface area (TPSA) is 81.1 Å². The molecule has 31 heavy (non-hydrogen) atoms. The molecule has 0 bridgehead atoms. The van der Waals surface area contributed by atoms with Gasteiger partial charge in [0.1, 0.15) is 24.5 Å². The zero-order valence-corrected chi connectivity index (χ0v) is 18.2. The van der Waals surface area contributed by atoms with Gasteiger partial charge in [-0.2, -0.15) is 0 Å². The molecular formula is C23H27ClN3O4+. The summed E-state index contributed by atoms with van der Waals surface area (Å²) in [6, 6.07) is 13.7. The van der Waals surface area contributed by atoms with E-state index in [1.807, 2.05) is 0 Å². The average Bonchev–Trinajstić information content (AvgIpc) is 2.80. The largest absolute Gasteiger partial charge is 0.497 e. The molecule has 0 saturated carbocycles. The molecule has 1 fully saturated rings. The lowest BCUT2D eigenvalue weighted by Crippen LogP contribution is -3.14. The Labute approximate surface area is 187 Å². The Balaban J connectivity index is 1.69. The van der Waals surface area contributed by atoms with Gasteiger partial charge in [0.15, 0.2) is 0 Å². The number of benzene rings is 2. The molecule has 1 aliphatic rings. The maximum absolute atomic E-state index is 12.8. The summed E-state index contributed by atoms with van der Waals surface area (Å²) < 4.78 is 10.5. The van der Waals surface area contributed by atoms with E-state index in [0.717, 1.165) is 38.4 Å². The Morgan fingerprint density at radius 2 is 1.77 bits per heavy atom. The van der Waals surface area contributed by atoms with Crippen molar-refractivity contribution in [3.63, 3.8) is 0 Å². The van der Waals surface area contributed by atoms with Gasteiger partial charge >= 0.3 is 0 Å². The fourth-order valence-electron chi connectivity index (χ4n) is 3.18. The second-order valence-corrected chi connectivity index (χ2v) is 7.60. The van der Waals surface area contributed by atoms with Crippen molar-refractivity contribution >= 4 is 29.5 Å². The summed E-state index contributed by atoms with van der Waals surface area (Å²) in [6.45, 7) is 4.64. The lowest BCUT2D eigenvalue weighted by molar-refractivity contribution is -0.906. The second-order valence-electron chi connectivity index (χ2n) is 7.16. The predicted molar refractivity (Wildman–Crippen MR) is 119 cm³/mol. The van der Waals surface area contributed by atoms with Crippen molar-refractivity contribution in [3.8, 4) is 5.75 Å². The van der Waals surface area contributed by atoms with Crippen molar-refractivity contribution in [2.24, 2.45) is 0 Å². The van der Waals surface area contributed by atoms with Gasteiger partial charge in [0, 0.05) is 10.6 Å². The number of halogens is 1. The number of amides is 2. The lowest BCUT2D eigenvalue weighted by Gasteiger charge is -2.23. The third-order valence-electron chi connectivity index (χ3n) is 4.99. The van der Waals surface area contributed by atoms with Crippen LogP contribution in [0.25, 0.3) is 6.08 Å². The highest BCUT2D eigenvalue weighted by Gasteiger charge is 2.17. The summed E-state index contributed by atoms with van der Waals surface area (Å²) in [7, 11) is 1.56. The molecule has 0 unspecified atom stereocenters. The standard InChI is InChI=1S/C23H26ClN3O4/c1-30-20-8-4-18(5-9-20)22(28)26-21(16-17-2-6-19(24)7-3-17)23(29)25-10-11-27-12-14-31-15-13-27/h2-9,16H,10-15H2,1H3,(H,25,29)(H,26,28)/p+1/b21-16-. The molecule has 0 radical (unpaired) electrons. The molecule has 3 N–H and O–H groups in total. The van der Waals surface area contributed by atoms with Gasteiger partial charge in [-0.1, -0.05) is 23.7 Å². The quantitative estimate of drug-likeness (QED) is 0.534. The molecule has 0 spiro atoms. The van der Waals surface area contributed by atoms with Crippen molar-refractivity contribution in [2.45, 2.75) is 0 Å². The Morgan fingerprint density at radius 1 is 1.10 bits per heavy atom. The van der Waals surface area contributed by atoms with E-state index in [0.29, 0.717) is 22.9 Å². The van der Waals surface area contributed by atoms with Crippen LogP contribution in [0.15, 0.2) is 54.2 Å². The van der Waals surface area contributed by atoms with Crippen LogP contribution in [0.3, 0.4) is 0 Å². The number of morpholine rings is 1. The SMILES string of the molecule is COc1ccc(C(=O)N/C(=C\c2ccc(Cl)cc2)C(=O)NCC[NH+]2CCOCC2)cc1. The monoisotopic (exact) mass is 444 g/mol. The summed E-state index contributed by atoms with van der Waals surface area (Å²) in [5, 5.41) is 6.23. The van der Waals surface area contributed by atoms with Crippen LogP contribution in [-0.4, -0.2) is 58.3 Å². The molecule has 3 rings (SSSR count). The van der Waals surface area contributed by atoms with E-state index in [2.05, 4.69) is 10.6 Å². The van der Waals surface area contributed by atoms with E-state index >= 15 is 0 Å². The highest BCUT2D eigenvalue weighted by atomic mass is 35.5. The Hall–Kier alpha value is -2.87. The summed E-state index contributed by atoms with van der Waals surface area (Å²) in [5.41, 5.74) is 1.34. The van der Waals surface area contributed by atoms with Gasteiger partial charge in [-0.3, -0.25) is 9.59 Å². The van der Waals surface area contributed by atoms with Crippen LogP contribution in [0.1, 0.15) is 15.9 Å². The Morgan fingerprint density at radius 3 is 2.42 bits per heavy atom. The minimum atomic E-state index is -0.378. The number of rotatable bonds is 8. The van der Waals surface area contributed by atoms with E-state index in [9.17, 15) is 9.59 Å². The lowest BCUT2D eigenvalue weighted by atomic mass is 10.1. The first-order valence-corrected chi connectivity index (χ1v) is 10.5. The van der Waals surface area contributed by atoms with Gasteiger partial charge in [-0.15, -0.1) is 0 Å². The Bertz CT molecular complexity index is 907. The average molecular weight is 445 g/mol. The smallest absolute Gasteiger partial charge is 0.268 e. The first-order chi connectivity index (χ1) is 15.0. The van der Waals surface area contributed by atoms with Crippen LogP contribution in [0, 0.1) is 0 Å². The van der Waals surface area contributed by atoms with E-state index < -0.39 is 0 Å². The molecule has 0 aromatic heterocycles. The fraction of sp³-hybridized carbons (Fsp3) is 0.304. The fourth-order valence-corrected chi connectivity index (χ4v) is 3.31. The molecule has 1 saturated heterocycles. The third kappa shape index (κ3) is 7.10. The molecule has 2 aromatic carbocycles. The maximum atomic E-state index is 12.8. The molecule has 1 heterocycles. The number of hydrogen-bond donors (Lipinski definition) is 3. The van der Waals surface area contributed by atoms with Crippen LogP contribution >= 0.6 is 11.6 Å². The van der Waals surface area contributed by atoms with Gasteiger partial charge in [0.05, 0.1) is 33.4 Å². The van der Waals surface area contributed by atoms with Crippen LogP contribution in [0.5, 0.6) is 5.75 Å². The zero-order chi connectivity index (χ0) is 22.1. The summed E-state index contributed by atoms with van der Waals surface area (Å²) in [6.07, 6.45) is 1.63. The van der Waals surface area contributed by atoms with E-state index in [-0.39, 0.29) is 17.5 Å². The van der Waals surface area contributed by atoms with Gasteiger partial charge < -0.3 is 25.0 Å². The van der Waals surface area contributed by atoms with Gasteiger partial charge in [0.2, 0.25) is 0 Å². The third-order valence-corrected chi connectivity index (χ3v) is 5.24. The van der Waals surface area contributed by atoms with Crippen molar-refractivity contribution in [1.29, 1.82) is 0 Å². The molecule has 164 valence electrons. The Kier molecular flexibility index (Phi) is 8.46. The van der Waals surface area contributed by atoms with E-state index in [1.165, 1.54) is 4.90 Å². The summed E-state index contributed by atoms with van der Waals surface area (Å²) >= 11 is 5.95. The van der Waals surface area contributed by atoms with Crippen molar-refractivity contribution in [1.82, 2.24) is 10.6 Å². The number of ether oxygens (including phenoxy) is 2. The number of quaternary nitrogens is 1. The van der Waals surface area contributed by atoms with Crippen LogP contribution in [-0.2, 0) is 9.53 Å². The van der Waals surface area contributed by atoms with Gasteiger partial charge in [-0.25, -0.2) is 0 Å². The first kappa shape index (κ1) is 22.8. The first-order valence-electron chi connectivity index (χ1n) is 10.2. The number of carbonyl (C=O) groups is 2. The molecule has 2 amide bonds. The molecular weight excluding hydrogens is 418 g/mol. The normalized spacial score (nSPS) is 14.7. The molecule has 7 nitrogen and oxygen atoms in total. The molecule has 2 aromatic rings. The molecule has 0 atom stereocenters. The predicted octanol–water partition coefficient (Wildman–Crippen LogP) is 1.15. The minimum Gasteiger partial charge on any atom is -0.497 e. The van der Waals surface area contributed by atoms with Crippen LogP contribution < -0.4 is 20.3 Å². The van der Waals surface area contributed by atoms with Crippen molar-refractivity contribution in [3.05, 3.63) is 70.4 Å². The zero-order valence-electron chi connectivity index (χ0n) is 17.4. The number of nitrogens with one attached hydrogen (secondary N) is 3. The maximum Gasteiger partial charge on any atom is 0.268 e. The van der Waals surface area contributed by atoms with Crippen molar-refractivity contribution in [2.75, 3.05) is 46.5 Å². The minimum absolute atomic E-state index is 0.167. The van der Waals surface area contributed by atoms with E-state index in [1.54, 1.807) is 61.7 Å². The summed E-state index contributed by atoms with van der Waals surface area (Å²) in [4.78, 5) is 26.9. The summed E-state index contributed by atoms with van der Waals surface area (Å²) in [5.74, 6) is -0.0712. The van der Waals surface area contributed by atoms with Crippen LogP contribution in [0.4, 0.5) is 0 Å². The molecule has 0 aliphatic carbocycles.